The molecule has 0 aliphatic carbocycles. The summed E-state index contributed by atoms with van der Waals surface area (Å²) in [6.45, 7) is 2.21. The molecule has 0 aliphatic rings. The Labute approximate surface area is 217 Å². The minimum atomic E-state index is -0.765. The van der Waals surface area contributed by atoms with Gasteiger partial charge in [0.05, 0.1) is 11.8 Å². The van der Waals surface area contributed by atoms with Gasteiger partial charge < -0.3 is 20.3 Å². The molecule has 4 aromatic rings. The number of nitrogens with one attached hydrogen (secondary N) is 1. The fourth-order valence-electron chi connectivity index (χ4n) is 4.17. The summed E-state index contributed by atoms with van der Waals surface area (Å²) in [7, 11) is 0. The zero-order valence-electron chi connectivity index (χ0n) is 20.7. The van der Waals surface area contributed by atoms with Crippen LogP contribution in [-0.4, -0.2) is 34.6 Å². The highest BCUT2D eigenvalue weighted by Gasteiger charge is 2.17. The summed E-state index contributed by atoms with van der Waals surface area (Å²) in [6.07, 6.45) is 0.628. The number of hydrogen-bond acceptors (Lipinski definition) is 5. The maximum atomic E-state index is 11.3. The number of ether oxygens (including phenoxy) is 1. The molecule has 37 heavy (non-hydrogen) atoms. The van der Waals surface area contributed by atoms with E-state index in [1.165, 1.54) is 0 Å². The molecule has 4 aromatic carbocycles. The zero-order valence-corrected chi connectivity index (χ0v) is 20.7. The van der Waals surface area contributed by atoms with Gasteiger partial charge >= 0.3 is 0 Å². The van der Waals surface area contributed by atoms with Gasteiger partial charge in [-0.2, -0.15) is 0 Å². The quantitative estimate of drug-likeness (QED) is 0.218. The molecule has 0 bridgehead atoms. The Morgan fingerprint density at radius 2 is 1.51 bits per heavy atom. The second-order valence-electron chi connectivity index (χ2n) is 8.95. The average molecular weight is 497 g/mol. The molecular formula is C31H32N2O4. The van der Waals surface area contributed by atoms with E-state index in [-0.39, 0.29) is 5.75 Å². The van der Waals surface area contributed by atoms with Gasteiger partial charge in [-0.3, -0.25) is 9.69 Å². The number of aliphatic hydroxyl groups excluding tert-OH is 1. The lowest BCUT2D eigenvalue weighted by Gasteiger charge is -2.26. The van der Waals surface area contributed by atoms with Crippen LogP contribution in [0.4, 0.5) is 5.69 Å². The van der Waals surface area contributed by atoms with E-state index in [0.29, 0.717) is 43.1 Å². The van der Waals surface area contributed by atoms with E-state index in [1.54, 1.807) is 24.3 Å². The number of aromatic hydroxyl groups is 1. The van der Waals surface area contributed by atoms with Crippen LogP contribution in [0.3, 0.4) is 0 Å². The number of rotatable bonds is 13. The van der Waals surface area contributed by atoms with Gasteiger partial charge in [0.25, 0.3) is 0 Å². The second-order valence-corrected chi connectivity index (χ2v) is 8.95. The maximum absolute atomic E-state index is 11.3. The lowest BCUT2D eigenvalue weighted by Crippen LogP contribution is -2.30. The van der Waals surface area contributed by atoms with Gasteiger partial charge in [-0.05, 0) is 52.9 Å². The number of amides is 1. The topological polar surface area (TPSA) is 82.0 Å². The van der Waals surface area contributed by atoms with Gasteiger partial charge in [-0.15, -0.1) is 0 Å². The number of carbonyl (C=O) groups is 1. The highest BCUT2D eigenvalue weighted by molar-refractivity contribution is 5.76. The van der Waals surface area contributed by atoms with Crippen molar-refractivity contribution < 1.29 is 19.7 Å². The molecule has 0 radical (unpaired) electrons. The number of nitrogens with zero attached hydrogens (tertiary/aromatic N) is 1. The van der Waals surface area contributed by atoms with Crippen LogP contribution in [0.25, 0.3) is 0 Å². The lowest BCUT2D eigenvalue weighted by atomic mass is 10.1. The van der Waals surface area contributed by atoms with Gasteiger partial charge in [0.2, 0.25) is 6.41 Å². The molecular weight excluding hydrogens is 464 g/mol. The molecule has 0 fully saturated rings. The van der Waals surface area contributed by atoms with Crippen LogP contribution in [0.5, 0.6) is 11.5 Å². The first-order valence-electron chi connectivity index (χ1n) is 12.3. The van der Waals surface area contributed by atoms with Crippen LogP contribution in [0.2, 0.25) is 0 Å². The van der Waals surface area contributed by atoms with Crippen LogP contribution in [0.1, 0.15) is 28.4 Å². The molecule has 0 spiro atoms. The fraction of sp³-hybridized carbons (Fsp3) is 0.194. The number of carbonyl (C=O) groups excluding carboxylic acids is 1. The lowest BCUT2D eigenvalue weighted by molar-refractivity contribution is -0.105. The van der Waals surface area contributed by atoms with Gasteiger partial charge in [0.1, 0.15) is 18.1 Å². The summed E-state index contributed by atoms with van der Waals surface area (Å²) in [6, 6.07) is 32.5. The van der Waals surface area contributed by atoms with Gasteiger partial charge in [-0.1, -0.05) is 78.9 Å². The Bertz CT molecular complexity index is 1250. The van der Waals surface area contributed by atoms with Gasteiger partial charge in [0, 0.05) is 19.6 Å². The molecule has 6 heteroatoms. The Balaban J connectivity index is 1.46. The molecule has 190 valence electrons. The first kappa shape index (κ1) is 25.9. The number of phenolic OH excluding ortho intramolecular Hbond substituents is 1. The molecule has 4 rings (SSSR count). The number of benzene rings is 4. The maximum Gasteiger partial charge on any atom is 0.211 e. The van der Waals surface area contributed by atoms with Crippen LogP contribution < -0.4 is 10.1 Å². The average Bonchev–Trinajstić information content (AvgIpc) is 2.93. The minimum Gasteiger partial charge on any atom is -0.508 e. The van der Waals surface area contributed by atoms with E-state index in [2.05, 4.69) is 22.3 Å². The summed E-state index contributed by atoms with van der Waals surface area (Å²) in [5.74, 6) is 0.789. The molecule has 1 atom stereocenters. The molecule has 0 aliphatic heterocycles. The third-order valence-electron chi connectivity index (χ3n) is 6.17. The van der Waals surface area contributed by atoms with E-state index in [0.717, 1.165) is 29.7 Å². The summed E-state index contributed by atoms with van der Waals surface area (Å²) >= 11 is 0. The molecule has 6 nitrogen and oxygen atoms in total. The van der Waals surface area contributed by atoms with Crippen LogP contribution >= 0.6 is 0 Å². The predicted octanol–water partition coefficient (Wildman–Crippen LogP) is 5.32. The largest absolute Gasteiger partial charge is 0.508 e. The standard InChI is InChI=1S/C31H32N2O4/c34-23-32-29-19-27(13-16-31(29)37-22-26-9-5-2-6-10-26)30(36)21-33(20-25-7-3-1-4-8-25)18-17-24-11-14-28(35)15-12-24/h1-16,19,23,30,35-36H,17-18,20-22H2,(H,32,34)/t30-/m0/s1. The Morgan fingerprint density at radius 1 is 0.838 bits per heavy atom. The van der Waals surface area contributed by atoms with E-state index < -0.39 is 6.10 Å². The van der Waals surface area contributed by atoms with Crippen LogP contribution in [0, 0.1) is 0 Å². The van der Waals surface area contributed by atoms with Crippen molar-refractivity contribution in [2.45, 2.75) is 25.7 Å². The summed E-state index contributed by atoms with van der Waals surface area (Å²) < 4.78 is 5.94. The van der Waals surface area contributed by atoms with Crippen LogP contribution in [-0.2, 0) is 24.4 Å². The number of phenols is 1. The number of anilines is 1. The third kappa shape index (κ3) is 7.93. The van der Waals surface area contributed by atoms with Crippen molar-refractivity contribution >= 4 is 12.1 Å². The van der Waals surface area contributed by atoms with Crippen LogP contribution in [0.15, 0.2) is 103 Å². The monoisotopic (exact) mass is 496 g/mol. The normalized spacial score (nSPS) is 11.7. The highest BCUT2D eigenvalue weighted by atomic mass is 16.5. The zero-order chi connectivity index (χ0) is 25.9. The van der Waals surface area contributed by atoms with Crippen molar-refractivity contribution in [2.75, 3.05) is 18.4 Å². The van der Waals surface area contributed by atoms with Crippen molar-refractivity contribution in [2.24, 2.45) is 0 Å². The fourth-order valence-corrected chi connectivity index (χ4v) is 4.17. The molecule has 1 amide bonds. The predicted molar refractivity (Wildman–Crippen MR) is 145 cm³/mol. The molecule has 0 heterocycles. The molecule has 0 saturated carbocycles. The van der Waals surface area contributed by atoms with Crippen molar-refractivity contribution in [1.82, 2.24) is 4.90 Å². The summed E-state index contributed by atoms with van der Waals surface area (Å²) in [5.41, 5.74) is 4.50. The summed E-state index contributed by atoms with van der Waals surface area (Å²) in [5, 5.41) is 23.4. The van der Waals surface area contributed by atoms with E-state index in [9.17, 15) is 15.0 Å². The summed E-state index contributed by atoms with van der Waals surface area (Å²) in [4.78, 5) is 13.5. The SMILES string of the molecule is O=CNc1cc([C@@H](O)CN(CCc2ccc(O)cc2)Cc2ccccc2)ccc1OCc1ccccc1. The smallest absolute Gasteiger partial charge is 0.211 e. The van der Waals surface area contributed by atoms with E-state index in [1.807, 2.05) is 66.7 Å². The first-order valence-corrected chi connectivity index (χ1v) is 12.3. The molecule has 0 unspecified atom stereocenters. The highest BCUT2D eigenvalue weighted by Crippen LogP contribution is 2.29. The van der Waals surface area contributed by atoms with Crippen molar-refractivity contribution in [1.29, 1.82) is 0 Å². The van der Waals surface area contributed by atoms with Gasteiger partial charge in [0.15, 0.2) is 0 Å². The van der Waals surface area contributed by atoms with Crippen molar-refractivity contribution in [3.05, 3.63) is 125 Å². The first-order chi connectivity index (χ1) is 18.1. The number of aliphatic hydroxyl groups is 1. The Morgan fingerprint density at radius 3 is 2.19 bits per heavy atom. The van der Waals surface area contributed by atoms with E-state index >= 15 is 0 Å². The molecule has 0 saturated heterocycles. The van der Waals surface area contributed by atoms with Crippen molar-refractivity contribution in [3.63, 3.8) is 0 Å². The molecule has 3 N–H and O–H groups in total. The van der Waals surface area contributed by atoms with Gasteiger partial charge in [-0.25, -0.2) is 0 Å². The Hall–Kier alpha value is -4.13. The number of hydrogen-bond donors (Lipinski definition) is 3. The minimum absolute atomic E-state index is 0.247. The van der Waals surface area contributed by atoms with E-state index in [4.69, 9.17) is 4.74 Å². The second kappa shape index (κ2) is 13.3. The van der Waals surface area contributed by atoms with Crippen molar-refractivity contribution in [3.8, 4) is 11.5 Å². The Kier molecular flexibility index (Phi) is 9.29. The molecule has 0 aromatic heterocycles. The third-order valence-corrected chi connectivity index (χ3v) is 6.17.